The van der Waals surface area contributed by atoms with Gasteiger partial charge in [0.1, 0.15) is 11.6 Å². The van der Waals surface area contributed by atoms with Crippen LogP contribution in [0.25, 0.3) is 0 Å². The summed E-state index contributed by atoms with van der Waals surface area (Å²) in [5, 5.41) is 0. The zero-order valence-corrected chi connectivity index (χ0v) is 10.2. The highest BCUT2D eigenvalue weighted by Gasteiger charge is 2.21. The van der Waals surface area contributed by atoms with Gasteiger partial charge in [-0.1, -0.05) is 6.42 Å². The zero-order chi connectivity index (χ0) is 12.3. The number of anilines is 3. The Balaban J connectivity index is 2.13. The maximum Gasteiger partial charge on any atom is 0.223 e. The Bertz CT molecular complexity index is 376. The van der Waals surface area contributed by atoms with Gasteiger partial charge >= 0.3 is 0 Å². The molecule has 6 heteroatoms. The van der Waals surface area contributed by atoms with E-state index in [2.05, 4.69) is 27.2 Å². The number of rotatable bonds is 5. The minimum absolute atomic E-state index is 0.252. The first-order valence-corrected chi connectivity index (χ1v) is 6.09. The number of aromatic nitrogens is 2. The van der Waals surface area contributed by atoms with Crippen molar-refractivity contribution in [2.24, 2.45) is 11.8 Å². The fourth-order valence-corrected chi connectivity index (χ4v) is 2.06. The molecular formula is C11H20N6. The Hall–Kier alpha value is -1.56. The fraction of sp³-hybridized carbons (Fsp3) is 0.636. The Labute approximate surface area is 101 Å². The third-order valence-corrected chi connectivity index (χ3v) is 3.29. The van der Waals surface area contributed by atoms with Gasteiger partial charge in [-0.05, 0) is 25.7 Å². The molecule has 0 aliphatic heterocycles. The topological polar surface area (TPSA) is 93.1 Å². The van der Waals surface area contributed by atoms with Crippen LogP contribution in [0, 0.1) is 5.92 Å². The highest BCUT2D eigenvalue weighted by atomic mass is 15.3. The first-order valence-electron chi connectivity index (χ1n) is 6.09. The van der Waals surface area contributed by atoms with Crippen molar-refractivity contribution in [3.8, 4) is 0 Å². The molecule has 1 aliphatic rings. The second-order valence-electron chi connectivity index (χ2n) is 4.45. The van der Waals surface area contributed by atoms with Crippen LogP contribution in [0.3, 0.4) is 0 Å². The number of nitrogens with two attached hydrogens (primary N) is 2. The molecule has 1 aromatic heterocycles. The molecule has 0 radical (unpaired) electrons. The van der Waals surface area contributed by atoms with Crippen molar-refractivity contribution < 1.29 is 0 Å². The summed E-state index contributed by atoms with van der Waals surface area (Å²) in [5.41, 5.74) is 8.17. The maximum absolute atomic E-state index is 5.66. The molecule has 17 heavy (non-hydrogen) atoms. The molecule has 0 unspecified atom stereocenters. The summed E-state index contributed by atoms with van der Waals surface area (Å²) in [4.78, 5) is 10.5. The van der Waals surface area contributed by atoms with Crippen LogP contribution < -0.4 is 21.9 Å². The summed E-state index contributed by atoms with van der Waals surface area (Å²) in [7, 11) is 0. The quantitative estimate of drug-likeness (QED) is 0.521. The molecule has 0 saturated heterocycles. The van der Waals surface area contributed by atoms with Crippen LogP contribution in [0.1, 0.15) is 26.2 Å². The molecule has 0 aromatic carbocycles. The molecule has 1 fully saturated rings. The fourth-order valence-electron chi connectivity index (χ4n) is 2.06. The Kier molecular flexibility index (Phi) is 3.63. The molecule has 0 amide bonds. The monoisotopic (exact) mass is 236 g/mol. The van der Waals surface area contributed by atoms with Crippen LogP contribution in [0.4, 0.5) is 17.6 Å². The summed E-state index contributed by atoms with van der Waals surface area (Å²) in [6.45, 7) is 4.07. The predicted octanol–water partition coefficient (Wildman–Crippen LogP) is 0.971. The number of hydrogen-bond donors (Lipinski definition) is 3. The lowest BCUT2D eigenvalue weighted by Gasteiger charge is -2.32. The van der Waals surface area contributed by atoms with Crippen LogP contribution in [0.5, 0.6) is 0 Å². The standard InChI is InChI=1S/C11H20N6/c1-2-17(7-8-4-3-5-8)10-6-9(16-13)14-11(12)15-10/h6,8H,2-5,7,13H2,1H3,(H3,12,14,15,16). The average Bonchev–Trinajstić information content (AvgIpc) is 2.27. The van der Waals surface area contributed by atoms with E-state index in [9.17, 15) is 0 Å². The molecule has 1 aliphatic carbocycles. The number of nitrogens with zero attached hydrogens (tertiary/aromatic N) is 3. The molecule has 1 aromatic rings. The minimum atomic E-state index is 0.252. The van der Waals surface area contributed by atoms with E-state index in [-0.39, 0.29) is 5.95 Å². The van der Waals surface area contributed by atoms with E-state index in [4.69, 9.17) is 11.6 Å². The van der Waals surface area contributed by atoms with Gasteiger partial charge in [0.2, 0.25) is 5.95 Å². The van der Waals surface area contributed by atoms with Gasteiger partial charge in [0.05, 0.1) is 0 Å². The van der Waals surface area contributed by atoms with Crippen molar-refractivity contribution in [1.82, 2.24) is 9.97 Å². The number of nitrogens with one attached hydrogen (secondary N) is 1. The average molecular weight is 236 g/mol. The van der Waals surface area contributed by atoms with E-state index < -0.39 is 0 Å². The summed E-state index contributed by atoms with van der Waals surface area (Å²) < 4.78 is 0. The van der Waals surface area contributed by atoms with Crippen molar-refractivity contribution >= 4 is 17.6 Å². The van der Waals surface area contributed by atoms with E-state index in [0.717, 1.165) is 24.8 Å². The Morgan fingerprint density at radius 1 is 1.47 bits per heavy atom. The number of nitrogen functional groups attached to an aromatic ring is 2. The molecule has 1 saturated carbocycles. The molecular weight excluding hydrogens is 216 g/mol. The van der Waals surface area contributed by atoms with E-state index in [1.54, 1.807) is 0 Å². The molecule has 0 spiro atoms. The maximum atomic E-state index is 5.66. The second kappa shape index (κ2) is 5.18. The molecule has 1 heterocycles. The van der Waals surface area contributed by atoms with Gasteiger partial charge < -0.3 is 16.1 Å². The Morgan fingerprint density at radius 2 is 2.24 bits per heavy atom. The highest BCUT2D eigenvalue weighted by molar-refractivity contribution is 5.52. The lowest BCUT2D eigenvalue weighted by molar-refractivity contribution is 0.318. The zero-order valence-electron chi connectivity index (χ0n) is 10.2. The molecule has 2 rings (SSSR count). The van der Waals surface area contributed by atoms with Gasteiger partial charge in [-0.2, -0.15) is 9.97 Å². The summed E-state index contributed by atoms with van der Waals surface area (Å²) in [5.74, 6) is 7.80. The number of hydrazine groups is 1. The largest absolute Gasteiger partial charge is 0.368 e. The third-order valence-electron chi connectivity index (χ3n) is 3.29. The van der Waals surface area contributed by atoms with Crippen molar-refractivity contribution in [1.29, 1.82) is 0 Å². The summed E-state index contributed by atoms with van der Waals surface area (Å²) in [6.07, 6.45) is 3.99. The van der Waals surface area contributed by atoms with Gasteiger partial charge in [-0.3, -0.25) is 0 Å². The van der Waals surface area contributed by atoms with Crippen LogP contribution in [0.15, 0.2) is 6.07 Å². The predicted molar refractivity (Wildman–Crippen MR) is 69.5 cm³/mol. The third kappa shape index (κ3) is 2.76. The summed E-state index contributed by atoms with van der Waals surface area (Å²) in [6, 6.07) is 1.83. The lowest BCUT2D eigenvalue weighted by atomic mass is 9.85. The first-order chi connectivity index (χ1) is 8.22. The highest BCUT2D eigenvalue weighted by Crippen LogP contribution is 2.28. The Morgan fingerprint density at radius 3 is 2.76 bits per heavy atom. The van der Waals surface area contributed by atoms with Gasteiger partial charge in [-0.15, -0.1) is 0 Å². The van der Waals surface area contributed by atoms with Crippen molar-refractivity contribution in [3.05, 3.63) is 6.07 Å². The van der Waals surface area contributed by atoms with Crippen molar-refractivity contribution in [3.63, 3.8) is 0 Å². The van der Waals surface area contributed by atoms with Crippen molar-refractivity contribution in [2.75, 3.05) is 29.1 Å². The smallest absolute Gasteiger partial charge is 0.223 e. The number of hydrogen-bond acceptors (Lipinski definition) is 6. The van der Waals surface area contributed by atoms with Gasteiger partial charge in [0, 0.05) is 19.2 Å². The van der Waals surface area contributed by atoms with Crippen LogP contribution in [0.2, 0.25) is 0 Å². The summed E-state index contributed by atoms with van der Waals surface area (Å²) >= 11 is 0. The molecule has 6 nitrogen and oxygen atoms in total. The second-order valence-corrected chi connectivity index (χ2v) is 4.45. The van der Waals surface area contributed by atoms with E-state index in [0.29, 0.717) is 5.82 Å². The van der Waals surface area contributed by atoms with E-state index in [1.165, 1.54) is 19.3 Å². The SMILES string of the molecule is CCN(CC1CCC1)c1cc(NN)nc(N)n1. The van der Waals surface area contributed by atoms with Crippen LogP contribution >= 0.6 is 0 Å². The van der Waals surface area contributed by atoms with Gasteiger partial charge in [-0.25, -0.2) is 5.84 Å². The first kappa shape index (κ1) is 11.9. The van der Waals surface area contributed by atoms with Crippen LogP contribution in [-0.2, 0) is 0 Å². The van der Waals surface area contributed by atoms with Gasteiger partial charge in [0.15, 0.2) is 0 Å². The molecule has 94 valence electrons. The van der Waals surface area contributed by atoms with Gasteiger partial charge in [0.25, 0.3) is 0 Å². The molecule has 5 N–H and O–H groups in total. The van der Waals surface area contributed by atoms with E-state index >= 15 is 0 Å². The molecule has 0 atom stereocenters. The molecule has 0 bridgehead atoms. The van der Waals surface area contributed by atoms with Crippen LogP contribution in [-0.4, -0.2) is 23.1 Å². The van der Waals surface area contributed by atoms with E-state index in [1.807, 2.05) is 6.07 Å². The lowest BCUT2D eigenvalue weighted by Crippen LogP contribution is -2.33. The van der Waals surface area contributed by atoms with Crippen molar-refractivity contribution in [2.45, 2.75) is 26.2 Å². The normalized spacial score (nSPS) is 15.4. The minimum Gasteiger partial charge on any atom is -0.368 e.